The second-order valence-electron chi connectivity index (χ2n) is 3.80. The zero-order valence-corrected chi connectivity index (χ0v) is 13.2. The molecule has 21 heavy (non-hydrogen) atoms. The summed E-state index contributed by atoms with van der Waals surface area (Å²) in [6, 6.07) is 1.18. The predicted octanol–water partition coefficient (Wildman–Crippen LogP) is 2.89. The van der Waals surface area contributed by atoms with Crippen molar-refractivity contribution < 1.29 is 9.72 Å². The molecule has 2 heterocycles. The van der Waals surface area contributed by atoms with Crippen LogP contribution >= 0.6 is 27.3 Å². The first-order chi connectivity index (χ1) is 10.0. The fraction of sp³-hybridized carbons (Fsp3) is 0.182. The molecule has 0 aromatic carbocycles. The molecular weight excluding hydrogens is 362 g/mol. The summed E-state index contributed by atoms with van der Waals surface area (Å²) in [4.78, 5) is 30.3. The Kier molecular flexibility index (Phi) is 4.81. The fourth-order valence-electron chi connectivity index (χ4n) is 1.51. The third kappa shape index (κ3) is 3.73. The first-order valence-corrected chi connectivity index (χ1v) is 7.43. The van der Waals surface area contributed by atoms with Crippen molar-refractivity contribution in [1.82, 2.24) is 9.97 Å². The number of carbonyl (C=O) groups is 1. The Morgan fingerprint density at radius 3 is 2.81 bits per heavy atom. The maximum absolute atomic E-state index is 12.2. The van der Waals surface area contributed by atoms with Gasteiger partial charge in [-0.25, -0.2) is 9.97 Å². The van der Waals surface area contributed by atoms with Crippen LogP contribution in [-0.2, 0) is 0 Å². The number of hydrogen-bond acceptors (Lipinski definition) is 7. The molecule has 1 amide bonds. The molecule has 0 aliphatic rings. The molecule has 110 valence electrons. The third-order valence-corrected chi connectivity index (χ3v) is 3.76. The van der Waals surface area contributed by atoms with E-state index in [0.29, 0.717) is 11.7 Å². The highest BCUT2D eigenvalue weighted by Gasteiger charge is 2.19. The average molecular weight is 372 g/mol. The molecule has 10 heteroatoms. The second-order valence-corrected chi connectivity index (χ2v) is 6.21. The number of hydrogen-bond donors (Lipinski definition) is 2. The Labute approximate surface area is 131 Å². The molecule has 0 bridgehead atoms. The van der Waals surface area contributed by atoms with Crippen LogP contribution in [0.5, 0.6) is 0 Å². The van der Waals surface area contributed by atoms with Crippen molar-refractivity contribution in [2.75, 3.05) is 17.2 Å². The molecule has 0 saturated heterocycles. The lowest BCUT2D eigenvalue weighted by Gasteiger charge is -2.08. The van der Waals surface area contributed by atoms with Crippen molar-refractivity contribution in [3.8, 4) is 0 Å². The highest BCUT2D eigenvalue weighted by Crippen LogP contribution is 2.25. The first-order valence-electron chi connectivity index (χ1n) is 5.82. The van der Waals surface area contributed by atoms with E-state index in [0.717, 1.165) is 9.98 Å². The van der Waals surface area contributed by atoms with E-state index in [1.165, 1.54) is 17.4 Å². The van der Waals surface area contributed by atoms with Gasteiger partial charge in [0.05, 0.1) is 20.5 Å². The highest BCUT2D eigenvalue weighted by atomic mass is 79.9. The van der Waals surface area contributed by atoms with Gasteiger partial charge in [0.15, 0.2) is 5.13 Å². The van der Waals surface area contributed by atoms with E-state index in [1.54, 1.807) is 6.20 Å². The van der Waals surface area contributed by atoms with Gasteiger partial charge in [0.25, 0.3) is 11.6 Å². The number of rotatable bonds is 5. The van der Waals surface area contributed by atoms with E-state index in [1.807, 2.05) is 6.92 Å². The first kappa shape index (κ1) is 15.3. The maximum atomic E-state index is 12.2. The van der Waals surface area contributed by atoms with Gasteiger partial charge >= 0.3 is 0 Å². The van der Waals surface area contributed by atoms with E-state index in [-0.39, 0.29) is 17.1 Å². The van der Waals surface area contributed by atoms with Gasteiger partial charge in [-0.2, -0.15) is 0 Å². The van der Waals surface area contributed by atoms with Crippen LogP contribution < -0.4 is 10.6 Å². The van der Waals surface area contributed by atoms with Gasteiger partial charge in [-0.3, -0.25) is 20.2 Å². The lowest BCUT2D eigenvalue weighted by molar-refractivity contribution is -0.385. The van der Waals surface area contributed by atoms with Gasteiger partial charge in [-0.05, 0) is 22.9 Å². The predicted molar refractivity (Wildman–Crippen MR) is 82.8 cm³/mol. The average Bonchev–Trinajstić information content (AvgIpc) is 2.84. The molecule has 0 saturated carbocycles. The van der Waals surface area contributed by atoms with Gasteiger partial charge in [0.2, 0.25) is 0 Å². The topological polar surface area (TPSA) is 110 Å². The summed E-state index contributed by atoms with van der Waals surface area (Å²) >= 11 is 4.48. The Balaban J connectivity index is 2.32. The minimum absolute atomic E-state index is 0.0948. The summed E-state index contributed by atoms with van der Waals surface area (Å²) in [6.07, 6.45) is 2.66. The number of pyridine rings is 1. The molecule has 2 aromatic rings. The van der Waals surface area contributed by atoms with Crippen molar-refractivity contribution in [1.29, 1.82) is 0 Å². The second kappa shape index (κ2) is 6.59. The minimum Gasteiger partial charge on any atom is -0.370 e. The molecule has 0 radical (unpaired) electrons. The normalized spacial score (nSPS) is 10.2. The van der Waals surface area contributed by atoms with Crippen LogP contribution in [0.25, 0.3) is 0 Å². The molecule has 2 rings (SSSR count). The van der Waals surface area contributed by atoms with Crippen LogP contribution in [0.2, 0.25) is 0 Å². The van der Waals surface area contributed by atoms with Crippen LogP contribution in [0.1, 0.15) is 17.3 Å². The Bertz CT molecular complexity index is 690. The van der Waals surface area contributed by atoms with Gasteiger partial charge in [-0.15, -0.1) is 0 Å². The minimum atomic E-state index is -0.598. The fourth-order valence-corrected chi connectivity index (χ4v) is 2.61. The zero-order chi connectivity index (χ0) is 15.4. The van der Waals surface area contributed by atoms with Crippen molar-refractivity contribution in [3.05, 3.63) is 37.9 Å². The van der Waals surface area contributed by atoms with E-state index in [4.69, 9.17) is 0 Å². The Morgan fingerprint density at radius 2 is 2.24 bits per heavy atom. The lowest BCUT2D eigenvalue weighted by atomic mass is 10.2. The maximum Gasteiger partial charge on any atom is 0.288 e. The largest absolute Gasteiger partial charge is 0.370 e. The molecule has 0 spiro atoms. The van der Waals surface area contributed by atoms with Crippen molar-refractivity contribution in [3.63, 3.8) is 0 Å². The van der Waals surface area contributed by atoms with Crippen molar-refractivity contribution >= 4 is 49.8 Å². The van der Waals surface area contributed by atoms with Gasteiger partial charge < -0.3 is 5.32 Å². The number of amides is 1. The zero-order valence-electron chi connectivity index (χ0n) is 10.8. The van der Waals surface area contributed by atoms with Crippen molar-refractivity contribution in [2.45, 2.75) is 6.92 Å². The van der Waals surface area contributed by atoms with Gasteiger partial charge in [0, 0.05) is 12.6 Å². The summed E-state index contributed by atoms with van der Waals surface area (Å²) in [5, 5.41) is 16.7. The molecule has 0 atom stereocenters. The van der Waals surface area contributed by atoms with Crippen LogP contribution in [0, 0.1) is 10.1 Å². The number of thiazole rings is 1. The highest BCUT2D eigenvalue weighted by molar-refractivity contribution is 9.11. The van der Waals surface area contributed by atoms with Crippen molar-refractivity contribution in [2.24, 2.45) is 0 Å². The molecule has 0 aliphatic carbocycles. The number of nitrogens with zero attached hydrogens (tertiary/aromatic N) is 3. The summed E-state index contributed by atoms with van der Waals surface area (Å²) in [7, 11) is 0. The number of anilines is 2. The van der Waals surface area contributed by atoms with E-state index < -0.39 is 10.8 Å². The smallest absolute Gasteiger partial charge is 0.288 e. The van der Waals surface area contributed by atoms with E-state index in [9.17, 15) is 14.9 Å². The van der Waals surface area contributed by atoms with E-state index >= 15 is 0 Å². The standard InChI is InChI=1S/C11H10BrN5O3S/c1-2-13-9-7(3-6(4-14-9)17(19)20)10(18)16-11-15-5-8(12)21-11/h3-5H,2H2,1H3,(H,13,14)(H,15,16,18). The summed E-state index contributed by atoms with van der Waals surface area (Å²) < 4.78 is 0.766. The van der Waals surface area contributed by atoms with Crippen LogP contribution in [0.3, 0.4) is 0 Å². The molecule has 0 fully saturated rings. The SMILES string of the molecule is CCNc1ncc([N+](=O)[O-])cc1C(=O)Nc1ncc(Br)s1. The molecular formula is C11H10BrN5O3S. The summed E-state index contributed by atoms with van der Waals surface area (Å²) in [6.45, 7) is 2.37. The van der Waals surface area contributed by atoms with Gasteiger partial charge in [-0.1, -0.05) is 11.3 Å². The Morgan fingerprint density at radius 1 is 1.48 bits per heavy atom. The number of aromatic nitrogens is 2. The third-order valence-electron chi connectivity index (χ3n) is 2.37. The number of nitrogens with one attached hydrogen (secondary N) is 2. The molecule has 0 aliphatic heterocycles. The molecule has 2 N–H and O–H groups in total. The van der Waals surface area contributed by atoms with Crippen LogP contribution in [0.15, 0.2) is 22.2 Å². The molecule has 0 unspecified atom stereocenters. The molecule has 8 nitrogen and oxygen atoms in total. The summed E-state index contributed by atoms with van der Waals surface area (Å²) in [5.41, 5.74) is -0.153. The quantitative estimate of drug-likeness (QED) is 0.617. The number of halogens is 1. The van der Waals surface area contributed by atoms with Crippen LogP contribution in [-0.4, -0.2) is 27.3 Å². The lowest BCUT2D eigenvalue weighted by Crippen LogP contribution is -2.16. The Hall–Kier alpha value is -2.07. The number of nitro groups is 1. The number of carbonyl (C=O) groups excluding carboxylic acids is 1. The van der Waals surface area contributed by atoms with Gasteiger partial charge in [0.1, 0.15) is 12.0 Å². The molecule has 2 aromatic heterocycles. The monoisotopic (exact) mass is 371 g/mol. The van der Waals surface area contributed by atoms with E-state index in [2.05, 4.69) is 36.5 Å². The van der Waals surface area contributed by atoms with Crippen LogP contribution in [0.4, 0.5) is 16.6 Å². The summed E-state index contributed by atoms with van der Waals surface area (Å²) in [5.74, 6) is -0.222.